The highest BCUT2D eigenvalue weighted by molar-refractivity contribution is 5.77. The minimum Gasteiger partial charge on any atom is -0.390 e. The number of benzene rings is 1. The predicted molar refractivity (Wildman–Crippen MR) is 69.1 cm³/mol. The highest BCUT2D eigenvalue weighted by atomic mass is 16.3. The quantitative estimate of drug-likeness (QED) is 0.835. The van der Waals surface area contributed by atoms with E-state index in [1.54, 1.807) is 6.33 Å². The minimum atomic E-state index is -0.390. The summed E-state index contributed by atoms with van der Waals surface area (Å²) in [5.74, 6) is 0. The van der Waals surface area contributed by atoms with Crippen molar-refractivity contribution in [2.45, 2.75) is 26.5 Å². The zero-order valence-corrected chi connectivity index (χ0v) is 10.6. The molecule has 0 fully saturated rings. The van der Waals surface area contributed by atoms with Crippen molar-refractivity contribution in [1.82, 2.24) is 14.9 Å². The van der Waals surface area contributed by atoms with Gasteiger partial charge >= 0.3 is 0 Å². The molecule has 0 radical (unpaired) electrons. The Morgan fingerprint density at radius 1 is 1.35 bits per heavy atom. The average molecular weight is 233 g/mol. The van der Waals surface area contributed by atoms with Crippen molar-refractivity contribution in [3.8, 4) is 0 Å². The van der Waals surface area contributed by atoms with E-state index in [4.69, 9.17) is 0 Å². The van der Waals surface area contributed by atoms with Gasteiger partial charge in [-0.3, -0.25) is 0 Å². The van der Waals surface area contributed by atoms with Crippen LogP contribution in [0.4, 0.5) is 0 Å². The number of fused-ring (bicyclic) bond motifs is 1. The molecule has 17 heavy (non-hydrogen) atoms. The fourth-order valence-electron chi connectivity index (χ4n) is 1.99. The van der Waals surface area contributed by atoms with Gasteiger partial charge in [0.2, 0.25) is 0 Å². The van der Waals surface area contributed by atoms with Gasteiger partial charge in [0.1, 0.15) is 0 Å². The summed E-state index contributed by atoms with van der Waals surface area (Å²) in [5, 5.41) is 12.8. The molecular weight excluding hydrogens is 214 g/mol. The van der Waals surface area contributed by atoms with Crippen LogP contribution in [0.2, 0.25) is 0 Å². The zero-order chi connectivity index (χ0) is 12.4. The van der Waals surface area contributed by atoms with Crippen LogP contribution in [0.3, 0.4) is 0 Å². The highest BCUT2D eigenvalue weighted by Crippen LogP contribution is 2.18. The van der Waals surface area contributed by atoms with E-state index in [0.29, 0.717) is 13.1 Å². The topological polar surface area (TPSA) is 50.1 Å². The fourth-order valence-corrected chi connectivity index (χ4v) is 1.99. The van der Waals surface area contributed by atoms with E-state index >= 15 is 0 Å². The van der Waals surface area contributed by atoms with Crippen molar-refractivity contribution in [2.24, 2.45) is 0 Å². The van der Waals surface area contributed by atoms with Crippen molar-refractivity contribution in [3.05, 3.63) is 29.6 Å². The Kier molecular flexibility index (Phi) is 3.45. The minimum absolute atomic E-state index is 0.390. The molecule has 0 spiro atoms. The Morgan fingerprint density at radius 3 is 2.76 bits per heavy atom. The Hall–Kier alpha value is -1.39. The van der Waals surface area contributed by atoms with E-state index in [1.165, 1.54) is 11.1 Å². The molecular formula is C13H19N3O. The second kappa shape index (κ2) is 4.85. The van der Waals surface area contributed by atoms with Crippen LogP contribution in [0.15, 0.2) is 18.5 Å². The molecule has 2 N–H and O–H groups in total. The predicted octanol–water partition coefficient (Wildman–Crippen LogP) is 1.23. The third-order valence-corrected chi connectivity index (χ3v) is 3.08. The molecule has 0 amide bonds. The lowest BCUT2D eigenvalue weighted by Crippen LogP contribution is -2.27. The lowest BCUT2D eigenvalue weighted by atomic mass is 10.1. The molecule has 1 heterocycles. The summed E-state index contributed by atoms with van der Waals surface area (Å²) in [4.78, 5) is 4.37. The molecule has 1 unspecified atom stereocenters. The van der Waals surface area contributed by atoms with Crippen molar-refractivity contribution >= 4 is 11.0 Å². The van der Waals surface area contributed by atoms with Gasteiger partial charge in [0.05, 0.1) is 30.0 Å². The number of aromatic nitrogens is 2. The molecule has 92 valence electrons. The maximum Gasteiger partial charge on any atom is 0.0959 e. The molecule has 0 bridgehead atoms. The maximum absolute atomic E-state index is 9.79. The Bertz CT molecular complexity index is 519. The number of aliphatic hydroxyl groups is 1. The number of nitrogens with zero attached hydrogens (tertiary/aromatic N) is 2. The molecule has 4 heteroatoms. The van der Waals surface area contributed by atoms with Gasteiger partial charge in [-0.05, 0) is 44.2 Å². The highest BCUT2D eigenvalue weighted by Gasteiger charge is 2.08. The second-order valence-electron chi connectivity index (χ2n) is 4.53. The Morgan fingerprint density at radius 2 is 2.06 bits per heavy atom. The van der Waals surface area contributed by atoms with Crippen LogP contribution < -0.4 is 5.32 Å². The van der Waals surface area contributed by atoms with E-state index in [9.17, 15) is 5.11 Å². The van der Waals surface area contributed by atoms with Crippen molar-refractivity contribution < 1.29 is 5.11 Å². The molecule has 0 saturated heterocycles. The summed E-state index contributed by atoms with van der Waals surface area (Å²) < 4.78 is 2.00. The Balaban J connectivity index is 2.32. The van der Waals surface area contributed by atoms with Gasteiger partial charge in [-0.2, -0.15) is 0 Å². The SMILES string of the molecule is CNCC(O)Cn1cnc2cc(C)c(C)cc21. The maximum atomic E-state index is 9.79. The van der Waals surface area contributed by atoms with E-state index in [0.717, 1.165) is 11.0 Å². The third kappa shape index (κ3) is 2.48. The lowest BCUT2D eigenvalue weighted by molar-refractivity contribution is 0.155. The van der Waals surface area contributed by atoms with Gasteiger partial charge in [0.15, 0.2) is 0 Å². The van der Waals surface area contributed by atoms with Crippen LogP contribution in [-0.4, -0.2) is 34.4 Å². The third-order valence-electron chi connectivity index (χ3n) is 3.08. The first-order valence-corrected chi connectivity index (χ1v) is 5.86. The molecule has 0 aliphatic rings. The smallest absolute Gasteiger partial charge is 0.0959 e. The van der Waals surface area contributed by atoms with Crippen LogP contribution in [0.1, 0.15) is 11.1 Å². The molecule has 1 aromatic carbocycles. The van der Waals surface area contributed by atoms with Gasteiger partial charge in [0, 0.05) is 6.54 Å². The first-order chi connectivity index (χ1) is 8.11. The zero-order valence-electron chi connectivity index (χ0n) is 10.6. The van der Waals surface area contributed by atoms with Gasteiger partial charge in [0.25, 0.3) is 0 Å². The van der Waals surface area contributed by atoms with Gasteiger partial charge in [-0.1, -0.05) is 0 Å². The average Bonchev–Trinajstić information content (AvgIpc) is 2.63. The molecule has 1 aromatic heterocycles. The van der Waals surface area contributed by atoms with Crippen LogP contribution in [0.5, 0.6) is 0 Å². The number of rotatable bonds is 4. The van der Waals surface area contributed by atoms with E-state index in [2.05, 4.69) is 36.3 Å². The number of aliphatic hydroxyl groups excluding tert-OH is 1. The lowest BCUT2D eigenvalue weighted by Gasteiger charge is -2.11. The molecule has 2 aromatic rings. The van der Waals surface area contributed by atoms with Crippen molar-refractivity contribution in [2.75, 3.05) is 13.6 Å². The summed E-state index contributed by atoms with van der Waals surface area (Å²) in [6.45, 7) is 5.34. The molecule has 1 atom stereocenters. The number of aryl methyl sites for hydroxylation is 2. The van der Waals surface area contributed by atoms with E-state index in [-0.39, 0.29) is 6.10 Å². The molecule has 0 aliphatic heterocycles. The van der Waals surface area contributed by atoms with Crippen molar-refractivity contribution in [1.29, 1.82) is 0 Å². The first-order valence-electron chi connectivity index (χ1n) is 5.86. The normalized spacial score (nSPS) is 13.2. The molecule has 0 aliphatic carbocycles. The first kappa shape index (κ1) is 12.1. The number of hydrogen-bond donors (Lipinski definition) is 2. The van der Waals surface area contributed by atoms with Gasteiger partial charge < -0.3 is 15.0 Å². The van der Waals surface area contributed by atoms with Crippen LogP contribution in [0, 0.1) is 13.8 Å². The fraction of sp³-hybridized carbons (Fsp3) is 0.462. The van der Waals surface area contributed by atoms with E-state index < -0.39 is 0 Å². The number of likely N-dealkylation sites (N-methyl/N-ethyl adjacent to an activating group) is 1. The molecule has 0 saturated carbocycles. The Labute approximate surface area is 101 Å². The monoisotopic (exact) mass is 233 g/mol. The number of hydrogen-bond acceptors (Lipinski definition) is 3. The largest absolute Gasteiger partial charge is 0.390 e. The standard InChI is InChI=1S/C13H19N3O/c1-9-4-12-13(5-10(9)2)16(8-15-12)7-11(17)6-14-3/h4-5,8,11,14,17H,6-7H2,1-3H3. The summed E-state index contributed by atoms with van der Waals surface area (Å²) in [6.07, 6.45) is 1.40. The van der Waals surface area contributed by atoms with Crippen LogP contribution in [0.25, 0.3) is 11.0 Å². The van der Waals surface area contributed by atoms with E-state index in [1.807, 2.05) is 11.6 Å². The van der Waals surface area contributed by atoms with Gasteiger partial charge in [-0.25, -0.2) is 4.98 Å². The van der Waals surface area contributed by atoms with Crippen LogP contribution in [-0.2, 0) is 6.54 Å². The number of nitrogens with one attached hydrogen (secondary N) is 1. The summed E-state index contributed by atoms with van der Waals surface area (Å²) in [7, 11) is 1.84. The summed E-state index contributed by atoms with van der Waals surface area (Å²) in [5.41, 5.74) is 4.58. The molecule has 2 rings (SSSR count). The van der Waals surface area contributed by atoms with Crippen LogP contribution >= 0.6 is 0 Å². The second-order valence-corrected chi connectivity index (χ2v) is 4.53. The van der Waals surface area contributed by atoms with Crippen molar-refractivity contribution in [3.63, 3.8) is 0 Å². The summed E-state index contributed by atoms with van der Waals surface area (Å²) in [6, 6.07) is 4.22. The number of imidazole rings is 1. The summed E-state index contributed by atoms with van der Waals surface area (Å²) >= 11 is 0. The molecule has 4 nitrogen and oxygen atoms in total. The van der Waals surface area contributed by atoms with Gasteiger partial charge in [-0.15, -0.1) is 0 Å².